The summed E-state index contributed by atoms with van der Waals surface area (Å²) in [7, 11) is 0. The topological polar surface area (TPSA) is 96.3 Å². The van der Waals surface area contributed by atoms with Crippen molar-refractivity contribution in [3.05, 3.63) is 58.9 Å². The van der Waals surface area contributed by atoms with E-state index in [1.165, 1.54) is 30.3 Å². The summed E-state index contributed by atoms with van der Waals surface area (Å²) in [5.41, 5.74) is 6.15. The van der Waals surface area contributed by atoms with Crippen molar-refractivity contribution in [3.63, 3.8) is 0 Å². The smallest absolute Gasteiger partial charge is 0.337 e. The van der Waals surface area contributed by atoms with Gasteiger partial charge in [-0.15, -0.1) is 0 Å². The second-order valence-electron chi connectivity index (χ2n) is 4.26. The first kappa shape index (κ1) is 14.3. The summed E-state index contributed by atoms with van der Waals surface area (Å²) in [4.78, 5) is 10.8. The van der Waals surface area contributed by atoms with E-state index in [4.69, 9.17) is 20.8 Å². The van der Waals surface area contributed by atoms with E-state index in [1.54, 1.807) is 0 Å². The minimum absolute atomic E-state index is 0.0214. The lowest BCUT2D eigenvalue weighted by molar-refractivity contribution is 0.0698. The number of hydrogen-bond donors (Lipinski definition) is 2. The van der Waals surface area contributed by atoms with Crippen LogP contribution in [0.4, 0.5) is 10.1 Å². The molecule has 0 radical (unpaired) electrons. The molecule has 2 aromatic carbocycles. The van der Waals surface area contributed by atoms with Crippen molar-refractivity contribution in [1.82, 2.24) is 0 Å². The number of aromatic carboxylic acids is 1. The highest BCUT2D eigenvalue weighted by atomic mass is 19.1. The first-order valence-corrected chi connectivity index (χ1v) is 5.95. The third kappa shape index (κ3) is 3.28. The SMILES string of the molecule is N#Cc1ccc(COc2ccc(C(=O)O)c(N)c2)c(F)c1. The largest absolute Gasteiger partial charge is 0.489 e. The van der Waals surface area contributed by atoms with Crippen molar-refractivity contribution < 1.29 is 19.0 Å². The van der Waals surface area contributed by atoms with Crippen molar-refractivity contribution in [2.45, 2.75) is 6.61 Å². The van der Waals surface area contributed by atoms with E-state index in [0.717, 1.165) is 6.07 Å². The third-order valence-corrected chi connectivity index (χ3v) is 2.83. The van der Waals surface area contributed by atoms with Gasteiger partial charge in [0.25, 0.3) is 0 Å². The van der Waals surface area contributed by atoms with Crippen LogP contribution in [0.5, 0.6) is 5.75 Å². The number of nitriles is 1. The molecule has 0 fully saturated rings. The standard InChI is InChI=1S/C15H11FN2O3/c16-13-5-9(7-17)1-2-10(13)8-21-11-3-4-12(15(19)20)14(18)6-11/h1-6H,8,18H2,(H,19,20). The Bertz CT molecular complexity index is 738. The Hall–Kier alpha value is -3.07. The Labute approximate surface area is 120 Å². The maximum Gasteiger partial charge on any atom is 0.337 e. The zero-order chi connectivity index (χ0) is 15.4. The summed E-state index contributed by atoms with van der Waals surface area (Å²) >= 11 is 0. The number of rotatable bonds is 4. The number of carboxylic acids is 1. The minimum atomic E-state index is -1.13. The number of carboxylic acid groups (broad SMARTS) is 1. The van der Waals surface area contributed by atoms with Gasteiger partial charge in [0.1, 0.15) is 18.2 Å². The summed E-state index contributed by atoms with van der Waals surface area (Å²) in [5.74, 6) is -1.33. The Morgan fingerprint density at radius 2 is 2.10 bits per heavy atom. The van der Waals surface area contributed by atoms with Gasteiger partial charge in [-0.25, -0.2) is 9.18 Å². The summed E-state index contributed by atoms with van der Waals surface area (Å²) in [6, 6.07) is 10.1. The molecule has 0 aliphatic rings. The van der Waals surface area contributed by atoms with Gasteiger partial charge in [-0.05, 0) is 24.3 Å². The Morgan fingerprint density at radius 3 is 2.67 bits per heavy atom. The predicted molar refractivity (Wildman–Crippen MR) is 73.3 cm³/mol. The molecular formula is C15H11FN2O3. The van der Waals surface area contributed by atoms with Crippen LogP contribution >= 0.6 is 0 Å². The normalized spacial score (nSPS) is 9.90. The van der Waals surface area contributed by atoms with Crippen molar-refractivity contribution >= 4 is 11.7 Å². The molecule has 0 bridgehead atoms. The van der Waals surface area contributed by atoms with E-state index in [9.17, 15) is 9.18 Å². The average molecular weight is 286 g/mol. The molecule has 6 heteroatoms. The molecule has 3 N–H and O–H groups in total. The number of benzene rings is 2. The lowest BCUT2D eigenvalue weighted by atomic mass is 10.1. The highest BCUT2D eigenvalue weighted by molar-refractivity contribution is 5.93. The van der Waals surface area contributed by atoms with E-state index in [2.05, 4.69) is 0 Å². The highest BCUT2D eigenvalue weighted by Gasteiger charge is 2.09. The van der Waals surface area contributed by atoms with Crippen LogP contribution in [0.1, 0.15) is 21.5 Å². The molecule has 21 heavy (non-hydrogen) atoms. The van der Waals surface area contributed by atoms with Crippen LogP contribution in [-0.4, -0.2) is 11.1 Å². The number of anilines is 1. The number of carbonyl (C=O) groups is 1. The highest BCUT2D eigenvalue weighted by Crippen LogP contribution is 2.21. The van der Waals surface area contributed by atoms with Crippen LogP contribution in [-0.2, 0) is 6.61 Å². The fourth-order valence-corrected chi connectivity index (χ4v) is 1.72. The Balaban J connectivity index is 2.12. The van der Waals surface area contributed by atoms with Gasteiger partial charge in [-0.1, -0.05) is 6.07 Å². The van der Waals surface area contributed by atoms with Crippen molar-refractivity contribution in [2.24, 2.45) is 0 Å². The maximum absolute atomic E-state index is 13.7. The Kier molecular flexibility index (Phi) is 4.05. The molecule has 2 rings (SSSR count). The molecule has 5 nitrogen and oxygen atoms in total. The molecule has 0 aliphatic carbocycles. The van der Waals surface area contributed by atoms with Crippen LogP contribution in [0.3, 0.4) is 0 Å². The van der Waals surface area contributed by atoms with E-state index >= 15 is 0 Å². The number of halogens is 1. The average Bonchev–Trinajstić information content (AvgIpc) is 2.45. The van der Waals surface area contributed by atoms with Gasteiger partial charge in [-0.2, -0.15) is 5.26 Å². The molecule has 0 saturated carbocycles. The zero-order valence-corrected chi connectivity index (χ0v) is 10.8. The fraction of sp³-hybridized carbons (Fsp3) is 0.0667. The molecule has 0 aromatic heterocycles. The summed E-state index contributed by atoms with van der Waals surface area (Å²) in [5, 5.41) is 17.5. The zero-order valence-electron chi connectivity index (χ0n) is 10.8. The number of nitrogens with zero attached hydrogens (tertiary/aromatic N) is 1. The van der Waals surface area contributed by atoms with Gasteiger partial charge >= 0.3 is 5.97 Å². The van der Waals surface area contributed by atoms with Crippen molar-refractivity contribution in [3.8, 4) is 11.8 Å². The molecule has 0 saturated heterocycles. The molecular weight excluding hydrogens is 275 g/mol. The molecule has 0 aliphatic heterocycles. The second kappa shape index (κ2) is 5.92. The lowest BCUT2D eigenvalue weighted by Crippen LogP contribution is -2.04. The molecule has 0 unspecified atom stereocenters. The van der Waals surface area contributed by atoms with Crippen LogP contribution < -0.4 is 10.5 Å². The third-order valence-electron chi connectivity index (χ3n) is 2.83. The molecule has 0 heterocycles. The number of nitrogen functional groups attached to an aromatic ring is 1. The second-order valence-corrected chi connectivity index (χ2v) is 4.26. The first-order chi connectivity index (χ1) is 10.0. The van der Waals surface area contributed by atoms with Crippen molar-refractivity contribution in [1.29, 1.82) is 5.26 Å². The van der Waals surface area contributed by atoms with Gasteiger partial charge in [0, 0.05) is 17.3 Å². The monoisotopic (exact) mass is 286 g/mol. The van der Waals surface area contributed by atoms with Crippen LogP contribution in [0.25, 0.3) is 0 Å². The molecule has 106 valence electrons. The van der Waals surface area contributed by atoms with E-state index in [-0.39, 0.29) is 29.0 Å². The van der Waals surface area contributed by atoms with Crippen LogP contribution in [0, 0.1) is 17.1 Å². The maximum atomic E-state index is 13.7. The summed E-state index contributed by atoms with van der Waals surface area (Å²) in [6.45, 7) is -0.0522. The number of ether oxygens (including phenoxy) is 1. The fourth-order valence-electron chi connectivity index (χ4n) is 1.72. The Morgan fingerprint density at radius 1 is 1.33 bits per heavy atom. The molecule has 0 amide bonds. The van der Waals surface area contributed by atoms with E-state index in [1.807, 2.05) is 6.07 Å². The first-order valence-electron chi connectivity index (χ1n) is 5.95. The quantitative estimate of drug-likeness (QED) is 0.842. The van der Waals surface area contributed by atoms with E-state index in [0.29, 0.717) is 5.75 Å². The van der Waals surface area contributed by atoms with Gasteiger partial charge in [0.15, 0.2) is 0 Å². The van der Waals surface area contributed by atoms with Crippen LogP contribution in [0.15, 0.2) is 36.4 Å². The summed E-state index contributed by atoms with van der Waals surface area (Å²) in [6.07, 6.45) is 0. The number of hydrogen-bond acceptors (Lipinski definition) is 4. The van der Waals surface area contributed by atoms with Crippen molar-refractivity contribution in [2.75, 3.05) is 5.73 Å². The van der Waals surface area contributed by atoms with Crippen LogP contribution in [0.2, 0.25) is 0 Å². The van der Waals surface area contributed by atoms with Gasteiger partial charge in [0.05, 0.1) is 17.2 Å². The minimum Gasteiger partial charge on any atom is -0.489 e. The molecule has 0 atom stereocenters. The lowest BCUT2D eigenvalue weighted by Gasteiger charge is -2.09. The van der Waals surface area contributed by atoms with Gasteiger partial charge in [-0.3, -0.25) is 0 Å². The van der Waals surface area contributed by atoms with Gasteiger partial charge in [0.2, 0.25) is 0 Å². The molecule has 0 spiro atoms. The summed E-state index contributed by atoms with van der Waals surface area (Å²) < 4.78 is 19.0. The number of nitrogens with two attached hydrogens (primary N) is 1. The van der Waals surface area contributed by atoms with Gasteiger partial charge < -0.3 is 15.6 Å². The predicted octanol–water partition coefficient (Wildman–Crippen LogP) is 2.56. The van der Waals surface area contributed by atoms with E-state index < -0.39 is 11.8 Å². The molecule has 2 aromatic rings.